The SMILES string of the molecule is CC1(c2nc3c(c(=O)[nH]2)CCCCC3)CC1. The Balaban J connectivity index is 2.09. The Bertz CT molecular complexity index is 471. The minimum atomic E-state index is 0.120. The second kappa shape index (κ2) is 3.44. The number of nitrogens with one attached hydrogen (secondary N) is 1. The van der Waals surface area contributed by atoms with Crippen molar-refractivity contribution < 1.29 is 0 Å². The molecule has 0 atom stereocenters. The first-order valence-electron chi connectivity index (χ1n) is 6.32. The van der Waals surface area contributed by atoms with Gasteiger partial charge in [-0.15, -0.1) is 0 Å². The van der Waals surface area contributed by atoms with E-state index in [0.29, 0.717) is 0 Å². The molecular formula is C13H18N2O. The van der Waals surface area contributed by atoms with Gasteiger partial charge in [0, 0.05) is 11.0 Å². The third kappa shape index (κ3) is 1.58. The topological polar surface area (TPSA) is 45.8 Å². The highest BCUT2D eigenvalue weighted by Crippen LogP contribution is 2.45. The molecule has 1 heterocycles. The van der Waals surface area contributed by atoms with E-state index in [-0.39, 0.29) is 11.0 Å². The van der Waals surface area contributed by atoms with E-state index >= 15 is 0 Å². The highest BCUT2D eigenvalue weighted by molar-refractivity contribution is 5.24. The summed E-state index contributed by atoms with van der Waals surface area (Å²) in [5, 5.41) is 0. The van der Waals surface area contributed by atoms with Crippen molar-refractivity contribution in [2.45, 2.75) is 57.3 Å². The van der Waals surface area contributed by atoms with Gasteiger partial charge in [-0.1, -0.05) is 13.3 Å². The standard InChI is InChI=1S/C13H18N2O/c1-13(7-8-13)12-14-10-6-4-2-3-5-9(10)11(16)15-12/h2-8H2,1H3,(H,14,15,16). The number of aryl methyl sites for hydroxylation is 1. The molecular weight excluding hydrogens is 200 g/mol. The van der Waals surface area contributed by atoms with Crippen molar-refractivity contribution in [2.24, 2.45) is 0 Å². The number of aromatic nitrogens is 2. The van der Waals surface area contributed by atoms with Crippen LogP contribution in [-0.4, -0.2) is 9.97 Å². The van der Waals surface area contributed by atoms with Crippen molar-refractivity contribution in [3.63, 3.8) is 0 Å². The van der Waals surface area contributed by atoms with Crippen LogP contribution in [0.1, 0.15) is 56.1 Å². The van der Waals surface area contributed by atoms with Gasteiger partial charge in [-0.05, 0) is 38.5 Å². The van der Waals surface area contributed by atoms with Crippen LogP contribution in [0.2, 0.25) is 0 Å². The van der Waals surface area contributed by atoms with Crippen LogP contribution < -0.4 is 5.56 Å². The number of fused-ring (bicyclic) bond motifs is 1. The molecule has 86 valence electrons. The van der Waals surface area contributed by atoms with Crippen molar-refractivity contribution in [3.8, 4) is 0 Å². The highest BCUT2D eigenvalue weighted by atomic mass is 16.1. The fraction of sp³-hybridized carbons (Fsp3) is 0.692. The van der Waals surface area contributed by atoms with Gasteiger partial charge < -0.3 is 4.98 Å². The Morgan fingerprint density at radius 3 is 2.69 bits per heavy atom. The number of H-pyrrole nitrogens is 1. The summed E-state index contributed by atoms with van der Waals surface area (Å²) in [4.78, 5) is 19.7. The van der Waals surface area contributed by atoms with Crippen molar-refractivity contribution in [3.05, 3.63) is 27.4 Å². The van der Waals surface area contributed by atoms with Crippen LogP contribution >= 0.6 is 0 Å². The minimum Gasteiger partial charge on any atom is -0.310 e. The van der Waals surface area contributed by atoms with Gasteiger partial charge in [-0.3, -0.25) is 4.79 Å². The van der Waals surface area contributed by atoms with Crippen LogP contribution in [0.15, 0.2) is 4.79 Å². The van der Waals surface area contributed by atoms with E-state index in [1.54, 1.807) is 0 Å². The van der Waals surface area contributed by atoms with Gasteiger partial charge >= 0.3 is 0 Å². The zero-order valence-electron chi connectivity index (χ0n) is 9.81. The number of hydrogen-bond acceptors (Lipinski definition) is 2. The maximum atomic E-state index is 12.0. The second-order valence-electron chi connectivity index (χ2n) is 5.46. The minimum absolute atomic E-state index is 0.120. The largest absolute Gasteiger partial charge is 0.310 e. The Hall–Kier alpha value is -1.12. The van der Waals surface area contributed by atoms with Crippen molar-refractivity contribution >= 4 is 0 Å². The van der Waals surface area contributed by atoms with Crippen molar-refractivity contribution in [1.29, 1.82) is 0 Å². The lowest BCUT2D eigenvalue weighted by Crippen LogP contribution is -2.22. The van der Waals surface area contributed by atoms with E-state index in [1.165, 1.54) is 12.8 Å². The molecule has 0 aromatic carbocycles. The summed E-state index contributed by atoms with van der Waals surface area (Å²) in [6.45, 7) is 2.19. The van der Waals surface area contributed by atoms with Gasteiger partial charge in [0.05, 0.1) is 5.69 Å². The molecule has 1 fully saturated rings. The summed E-state index contributed by atoms with van der Waals surface area (Å²) < 4.78 is 0. The van der Waals surface area contributed by atoms with Gasteiger partial charge in [0.2, 0.25) is 0 Å². The van der Waals surface area contributed by atoms with Crippen LogP contribution in [0.3, 0.4) is 0 Å². The number of hydrogen-bond donors (Lipinski definition) is 1. The van der Waals surface area contributed by atoms with Gasteiger partial charge in [0.15, 0.2) is 0 Å². The number of aromatic amines is 1. The average molecular weight is 218 g/mol. The van der Waals surface area contributed by atoms with E-state index in [4.69, 9.17) is 4.98 Å². The zero-order chi connectivity index (χ0) is 11.2. The zero-order valence-corrected chi connectivity index (χ0v) is 9.81. The normalized spacial score (nSPS) is 22.3. The summed E-state index contributed by atoms with van der Waals surface area (Å²) in [6.07, 6.45) is 7.76. The number of nitrogens with zero attached hydrogens (tertiary/aromatic N) is 1. The van der Waals surface area contributed by atoms with Crippen molar-refractivity contribution in [1.82, 2.24) is 9.97 Å². The average Bonchev–Trinajstić information content (AvgIpc) is 3.02. The Kier molecular flexibility index (Phi) is 2.16. The van der Waals surface area contributed by atoms with E-state index in [1.807, 2.05) is 0 Å². The van der Waals surface area contributed by atoms with Crippen molar-refractivity contribution in [2.75, 3.05) is 0 Å². The summed E-state index contributed by atoms with van der Waals surface area (Å²) in [7, 11) is 0. The van der Waals surface area contributed by atoms with Gasteiger partial charge in [-0.2, -0.15) is 0 Å². The molecule has 2 aliphatic carbocycles. The first kappa shape index (κ1) is 10.1. The second-order valence-corrected chi connectivity index (χ2v) is 5.46. The first-order chi connectivity index (χ1) is 7.69. The van der Waals surface area contributed by atoms with Crippen LogP contribution in [0.25, 0.3) is 0 Å². The molecule has 0 aliphatic heterocycles. The van der Waals surface area contributed by atoms with Crippen LogP contribution in [-0.2, 0) is 18.3 Å². The molecule has 1 saturated carbocycles. The molecule has 0 bridgehead atoms. The summed E-state index contributed by atoms with van der Waals surface area (Å²) in [5.74, 6) is 0.929. The van der Waals surface area contributed by atoms with Gasteiger partial charge in [0.25, 0.3) is 5.56 Å². The van der Waals surface area contributed by atoms with E-state index in [2.05, 4.69) is 11.9 Å². The fourth-order valence-corrected chi connectivity index (χ4v) is 2.49. The Labute approximate surface area is 95.3 Å². The van der Waals surface area contributed by atoms with Gasteiger partial charge in [-0.25, -0.2) is 4.98 Å². The Morgan fingerprint density at radius 1 is 1.19 bits per heavy atom. The lowest BCUT2D eigenvalue weighted by Gasteiger charge is -2.11. The predicted molar refractivity (Wildman–Crippen MR) is 62.7 cm³/mol. The van der Waals surface area contributed by atoms with E-state index < -0.39 is 0 Å². The van der Waals surface area contributed by atoms with Crippen LogP contribution in [0.5, 0.6) is 0 Å². The molecule has 0 amide bonds. The van der Waals surface area contributed by atoms with E-state index in [0.717, 1.165) is 49.2 Å². The van der Waals surface area contributed by atoms with Gasteiger partial charge in [0.1, 0.15) is 5.82 Å². The predicted octanol–water partition coefficient (Wildman–Crippen LogP) is 2.09. The molecule has 16 heavy (non-hydrogen) atoms. The molecule has 3 heteroatoms. The third-order valence-electron chi connectivity index (χ3n) is 4.01. The monoisotopic (exact) mass is 218 g/mol. The molecule has 1 N–H and O–H groups in total. The van der Waals surface area contributed by atoms with Crippen LogP contribution in [0.4, 0.5) is 0 Å². The molecule has 3 nitrogen and oxygen atoms in total. The van der Waals surface area contributed by atoms with E-state index in [9.17, 15) is 4.79 Å². The molecule has 2 aliphatic rings. The quantitative estimate of drug-likeness (QED) is 0.734. The molecule has 0 spiro atoms. The molecule has 0 saturated heterocycles. The molecule has 0 unspecified atom stereocenters. The maximum absolute atomic E-state index is 12.0. The molecule has 1 aromatic heterocycles. The summed E-state index contributed by atoms with van der Waals surface area (Å²) >= 11 is 0. The third-order valence-corrected chi connectivity index (χ3v) is 4.01. The lowest BCUT2D eigenvalue weighted by molar-refractivity contribution is 0.681. The smallest absolute Gasteiger partial charge is 0.254 e. The molecule has 1 aromatic rings. The molecule has 0 radical (unpaired) electrons. The molecule has 3 rings (SSSR count). The first-order valence-corrected chi connectivity index (χ1v) is 6.32. The summed E-state index contributed by atoms with van der Waals surface area (Å²) in [6, 6.07) is 0. The fourth-order valence-electron chi connectivity index (χ4n) is 2.49. The Morgan fingerprint density at radius 2 is 1.94 bits per heavy atom. The number of rotatable bonds is 1. The maximum Gasteiger partial charge on any atom is 0.254 e. The highest BCUT2D eigenvalue weighted by Gasteiger charge is 2.42. The summed E-state index contributed by atoms with van der Waals surface area (Å²) in [5.41, 5.74) is 2.31. The lowest BCUT2D eigenvalue weighted by atomic mass is 10.1. The van der Waals surface area contributed by atoms with Crippen LogP contribution in [0, 0.1) is 0 Å².